The number of amides is 2. The fraction of sp³-hybridized carbons (Fsp3) is 0.190. The molecule has 0 spiro atoms. The minimum Gasteiger partial charge on any atom is -0.467 e. The first kappa shape index (κ1) is 20.3. The summed E-state index contributed by atoms with van der Waals surface area (Å²) >= 11 is 1.35. The number of ether oxygens (including phenoxy) is 2. The Morgan fingerprint density at radius 1 is 1.03 bits per heavy atom. The van der Waals surface area contributed by atoms with Crippen molar-refractivity contribution in [1.29, 1.82) is 0 Å². The van der Waals surface area contributed by atoms with Gasteiger partial charge in [0.25, 0.3) is 5.91 Å². The van der Waals surface area contributed by atoms with Gasteiger partial charge in [-0.3, -0.25) is 4.79 Å². The molecule has 2 aromatic carbocycles. The summed E-state index contributed by atoms with van der Waals surface area (Å²) in [5.41, 5.74) is 0.815. The standard InChI is InChI=1S/C21H20N2O5S/c1-27-20(25)16(23-21(26)28-13-14-7-3-2-4-8-14)12-22-19(24)18-11-15-9-5-6-10-17(15)29-18/h2-11,16H,12-13H2,1H3,(H,22,24)(H,23,26). The number of carbonyl (C=O) groups is 3. The van der Waals surface area contributed by atoms with Gasteiger partial charge >= 0.3 is 12.1 Å². The van der Waals surface area contributed by atoms with Crippen molar-refractivity contribution in [3.63, 3.8) is 0 Å². The van der Waals surface area contributed by atoms with Gasteiger partial charge in [-0.15, -0.1) is 11.3 Å². The lowest BCUT2D eigenvalue weighted by molar-refractivity contribution is -0.142. The average molecular weight is 412 g/mol. The lowest BCUT2D eigenvalue weighted by Crippen LogP contribution is -2.49. The van der Waals surface area contributed by atoms with Crippen molar-refractivity contribution in [3.05, 3.63) is 71.1 Å². The molecule has 8 heteroatoms. The van der Waals surface area contributed by atoms with Crippen LogP contribution in [0.2, 0.25) is 0 Å². The highest BCUT2D eigenvalue weighted by Gasteiger charge is 2.23. The number of rotatable bonds is 7. The van der Waals surface area contributed by atoms with E-state index in [0.717, 1.165) is 15.6 Å². The van der Waals surface area contributed by atoms with Crippen LogP contribution in [0.4, 0.5) is 4.79 Å². The van der Waals surface area contributed by atoms with Crippen LogP contribution in [-0.4, -0.2) is 37.7 Å². The summed E-state index contributed by atoms with van der Waals surface area (Å²) in [7, 11) is 1.21. The van der Waals surface area contributed by atoms with Crippen LogP contribution in [0.5, 0.6) is 0 Å². The maximum atomic E-state index is 12.4. The fourth-order valence-corrected chi connectivity index (χ4v) is 3.60. The predicted molar refractivity (Wildman–Crippen MR) is 110 cm³/mol. The molecule has 1 atom stereocenters. The van der Waals surface area contributed by atoms with Crippen molar-refractivity contribution in [3.8, 4) is 0 Å². The van der Waals surface area contributed by atoms with Gasteiger partial charge < -0.3 is 20.1 Å². The largest absolute Gasteiger partial charge is 0.467 e. The zero-order chi connectivity index (χ0) is 20.6. The molecule has 0 aliphatic carbocycles. The Labute approximate surface area is 171 Å². The predicted octanol–water partition coefficient (Wildman–Crippen LogP) is 3.10. The van der Waals surface area contributed by atoms with E-state index in [1.165, 1.54) is 18.4 Å². The van der Waals surface area contributed by atoms with Crippen LogP contribution in [0, 0.1) is 0 Å². The van der Waals surface area contributed by atoms with Gasteiger partial charge in [-0.25, -0.2) is 9.59 Å². The Bertz CT molecular complexity index is 969. The number of nitrogens with one attached hydrogen (secondary N) is 2. The van der Waals surface area contributed by atoms with E-state index in [0.29, 0.717) is 4.88 Å². The Kier molecular flexibility index (Phi) is 6.80. The highest BCUT2D eigenvalue weighted by molar-refractivity contribution is 7.20. The number of hydrogen-bond donors (Lipinski definition) is 2. The number of fused-ring (bicyclic) bond motifs is 1. The molecule has 1 aromatic heterocycles. The topological polar surface area (TPSA) is 93.7 Å². The van der Waals surface area contributed by atoms with Gasteiger partial charge in [0.2, 0.25) is 0 Å². The zero-order valence-electron chi connectivity index (χ0n) is 15.7. The molecule has 0 radical (unpaired) electrons. The van der Waals surface area contributed by atoms with E-state index in [1.54, 1.807) is 6.07 Å². The maximum absolute atomic E-state index is 12.4. The monoisotopic (exact) mass is 412 g/mol. The first-order valence-corrected chi connectivity index (χ1v) is 9.70. The molecule has 1 heterocycles. The van der Waals surface area contributed by atoms with Crippen molar-refractivity contribution >= 4 is 39.4 Å². The van der Waals surface area contributed by atoms with Crippen LogP contribution < -0.4 is 10.6 Å². The van der Waals surface area contributed by atoms with Gasteiger partial charge in [-0.1, -0.05) is 48.5 Å². The lowest BCUT2D eigenvalue weighted by Gasteiger charge is -2.17. The summed E-state index contributed by atoms with van der Waals surface area (Å²) < 4.78 is 10.8. The summed E-state index contributed by atoms with van der Waals surface area (Å²) in [4.78, 5) is 36.9. The second kappa shape index (κ2) is 9.70. The maximum Gasteiger partial charge on any atom is 0.408 e. The van der Waals surface area contributed by atoms with Crippen LogP contribution in [0.3, 0.4) is 0 Å². The van der Waals surface area contributed by atoms with Gasteiger partial charge in [-0.2, -0.15) is 0 Å². The average Bonchev–Trinajstić information content (AvgIpc) is 3.19. The third-order valence-electron chi connectivity index (χ3n) is 4.11. The molecule has 0 bridgehead atoms. The zero-order valence-corrected chi connectivity index (χ0v) is 16.5. The van der Waals surface area contributed by atoms with E-state index in [9.17, 15) is 14.4 Å². The fourth-order valence-electron chi connectivity index (χ4n) is 2.62. The smallest absolute Gasteiger partial charge is 0.408 e. The molecular formula is C21H20N2O5S. The molecule has 3 aromatic rings. The molecule has 3 rings (SSSR count). The minimum absolute atomic E-state index is 0.0642. The molecule has 0 saturated heterocycles. The van der Waals surface area contributed by atoms with Crippen molar-refractivity contribution in [2.75, 3.05) is 13.7 Å². The van der Waals surface area contributed by atoms with Crippen molar-refractivity contribution < 1.29 is 23.9 Å². The molecule has 29 heavy (non-hydrogen) atoms. The Hall–Kier alpha value is -3.39. The summed E-state index contributed by atoms with van der Waals surface area (Å²) in [5, 5.41) is 6.05. The number of methoxy groups -OCH3 is 1. The number of thiophene rings is 1. The Morgan fingerprint density at radius 2 is 1.76 bits per heavy atom. The van der Waals surface area contributed by atoms with Crippen LogP contribution in [0.1, 0.15) is 15.2 Å². The van der Waals surface area contributed by atoms with Crippen LogP contribution in [0.25, 0.3) is 10.1 Å². The highest BCUT2D eigenvalue weighted by atomic mass is 32.1. The van der Waals surface area contributed by atoms with Crippen LogP contribution in [-0.2, 0) is 20.9 Å². The van der Waals surface area contributed by atoms with E-state index in [1.807, 2.05) is 54.6 Å². The second-order valence-electron chi connectivity index (χ2n) is 6.14. The molecule has 2 N–H and O–H groups in total. The van der Waals surface area contributed by atoms with Gasteiger partial charge in [0.1, 0.15) is 12.6 Å². The van der Waals surface area contributed by atoms with E-state index in [2.05, 4.69) is 10.6 Å². The van der Waals surface area contributed by atoms with Gasteiger partial charge in [0.15, 0.2) is 0 Å². The first-order valence-electron chi connectivity index (χ1n) is 8.88. The van der Waals surface area contributed by atoms with Crippen molar-refractivity contribution in [2.45, 2.75) is 12.6 Å². The van der Waals surface area contributed by atoms with Gasteiger partial charge in [0, 0.05) is 11.2 Å². The molecule has 7 nitrogen and oxygen atoms in total. The number of esters is 1. The summed E-state index contributed by atoms with van der Waals surface area (Å²) in [6.45, 7) is -0.0606. The SMILES string of the molecule is COC(=O)C(CNC(=O)c1cc2ccccc2s1)NC(=O)OCc1ccccc1. The van der Waals surface area contributed by atoms with E-state index >= 15 is 0 Å². The van der Waals surface area contributed by atoms with Gasteiger partial charge in [0.05, 0.1) is 12.0 Å². The molecule has 2 amide bonds. The molecule has 0 aliphatic heterocycles. The first-order chi connectivity index (χ1) is 14.1. The Balaban J connectivity index is 1.56. The van der Waals surface area contributed by atoms with E-state index in [4.69, 9.17) is 9.47 Å². The summed E-state index contributed by atoms with van der Waals surface area (Å²) in [6.07, 6.45) is -0.777. The summed E-state index contributed by atoms with van der Waals surface area (Å²) in [5.74, 6) is -1.02. The summed E-state index contributed by atoms with van der Waals surface area (Å²) in [6, 6.07) is 17.5. The number of benzene rings is 2. The number of alkyl carbamates (subject to hydrolysis) is 1. The second-order valence-corrected chi connectivity index (χ2v) is 7.22. The van der Waals surface area contributed by atoms with Gasteiger partial charge in [-0.05, 0) is 23.1 Å². The quantitative estimate of drug-likeness (QED) is 0.582. The van der Waals surface area contributed by atoms with E-state index < -0.39 is 18.1 Å². The number of carbonyl (C=O) groups excluding carboxylic acids is 3. The third-order valence-corrected chi connectivity index (χ3v) is 5.22. The molecular weight excluding hydrogens is 392 g/mol. The molecule has 0 saturated carbocycles. The van der Waals surface area contributed by atoms with Crippen LogP contribution >= 0.6 is 11.3 Å². The molecule has 0 fully saturated rings. The normalized spacial score (nSPS) is 11.5. The van der Waals surface area contributed by atoms with Crippen molar-refractivity contribution in [1.82, 2.24) is 10.6 Å². The molecule has 150 valence electrons. The minimum atomic E-state index is -1.07. The number of hydrogen-bond acceptors (Lipinski definition) is 6. The molecule has 0 aliphatic rings. The lowest BCUT2D eigenvalue weighted by atomic mass is 10.2. The highest BCUT2D eigenvalue weighted by Crippen LogP contribution is 2.25. The van der Waals surface area contributed by atoms with Crippen LogP contribution in [0.15, 0.2) is 60.7 Å². The molecule has 1 unspecified atom stereocenters. The van der Waals surface area contributed by atoms with Crippen molar-refractivity contribution in [2.24, 2.45) is 0 Å². The Morgan fingerprint density at radius 3 is 2.48 bits per heavy atom. The third kappa shape index (κ3) is 5.55. The van der Waals surface area contributed by atoms with E-state index in [-0.39, 0.29) is 19.1 Å².